The summed E-state index contributed by atoms with van der Waals surface area (Å²) < 4.78 is 2.11. The summed E-state index contributed by atoms with van der Waals surface area (Å²) in [6.07, 6.45) is 4.52. The Hall–Kier alpha value is -1.36. The van der Waals surface area contributed by atoms with Gasteiger partial charge in [-0.15, -0.1) is 0 Å². The third kappa shape index (κ3) is 3.77. The molecule has 1 saturated heterocycles. The molecule has 0 aromatic carbocycles. The Morgan fingerprint density at radius 3 is 2.61 bits per heavy atom. The molecule has 0 radical (unpaired) electrons. The lowest BCUT2D eigenvalue weighted by Crippen LogP contribution is -2.42. The van der Waals surface area contributed by atoms with Gasteiger partial charge in [0.15, 0.2) is 0 Å². The Morgan fingerprint density at radius 1 is 1.22 bits per heavy atom. The van der Waals surface area contributed by atoms with Crippen LogP contribution in [0.15, 0.2) is 6.07 Å². The summed E-state index contributed by atoms with van der Waals surface area (Å²) in [5.74, 6) is 0.734. The zero-order valence-corrected chi connectivity index (χ0v) is 14.8. The lowest BCUT2D eigenvalue weighted by atomic mass is 9.84. The number of carbonyl (C=O) groups is 1. The van der Waals surface area contributed by atoms with Crippen molar-refractivity contribution in [2.45, 2.75) is 59.0 Å². The molecule has 1 saturated carbocycles. The van der Waals surface area contributed by atoms with Crippen LogP contribution < -0.4 is 0 Å². The van der Waals surface area contributed by atoms with Crippen LogP contribution in [0.5, 0.6) is 0 Å². The zero-order valence-electron chi connectivity index (χ0n) is 14.8. The largest absolute Gasteiger partial charge is 0.341 e. The first kappa shape index (κ1) is 16.5. The number of amides is 1. The van der Waals surface area contributed by atoms with Crippen LogP contribution in [-0.2, 0) is 11.3 Å². The predicted octanol–water partition coefficient (Wildman–Crippen LogP) is 2.22. The van der Waals surface area contributed by atoms with Gasteiger partial charge >= 0.3 is 0 Å². The van der Waals surface area contributed by atoms with E-state index in [4.69, 9.17) is 0 Å². The molecule has 2 fully saturated rings. The smallest absolute Gasteiger partial charge is 0.225 e. The Balaban J connectivity index is 1.54. The fourth-order valence-electron chi connectivity index (χ4n) is 3.74. The van der Waals surface area contributed by atoms with E-state index in [1.54, 1.807) is 0 Å². The van der Waals surface area contributed by atoms with Crippen LogP contribution in [0, 0.1) is 19.8 Å². The zero-order chi connectivity index (χ0) is 16.4. The van der Waals surface area contributed by atoms with Gasteiger partial charge < -0.3 is 4.90 Å². The summed E-state index contributed by atoms with van der Waals surface area (Å²) in [6.45, 7) is 11.2. The first-order valence-electron chi connectivity index (χ1n) is 9.08. The number of nitrogens with zero attached hydrogens (tertiary/aromatic N) is 4. The van der Waals surface area contributed by atoms with Gasteiger partial charge in [-0.3, -0.25) is 14.4 Å². The van der Waals surface area contributed by atoms with Gasteiger partial charge in [-0.25, -0.2) is 0 Å². The monoisotopic (exact) mass is 318 g/mol. The minimum absolute atomic E-state index is 0.327. The summed E-state index contributed by atoms with van der Waals surface area (Å²) in [4.78, 5) is 17.1. The van der Waals surface area contributed by atoms with E-state index in [1.165, 1.54) is 12.1 Å². The van der Waals surface area contributed by atoms with E-state index in [0.717, 1.165) is 57.7 Å². The molecule has 2 heterocycles. The van der Waals surface area contributed by atoms with E-state index < -0.39 is 0 Å². The standard InChI is InChI=1S/C18H30N4O/c1-14-12-15(2)22(19-14)13-16(3)20-8-5-9-21(11-10-20)18(23)17-6-4-7-17/h12,16-17H,4-11,13H2,1-3H3/t16-/m0/s1. The average Bonchev–Trinajstić information content (AvgIpc) is 2.66. The van der Waals surface area contributed by atoms with E-state index in [0.29, 0.717) is 17.9 Å². The van der Waals surface area contributed by atoms with Gasteiger partial charge in [-0.05, 0) is 46.1 Å². The first-order chi connectivity index (χ1) is 11.0. The molecule has 5 heteroatoms. The highest BCUT2D eigenvalue weighted by molar-refractivity contribution is 5.79. The maximum Gasteiger partial charge on any atom is 0.225 e. The number of carbonyl (C=O) groups excluding carboxylic acids is 1. The molecule has 1 aliphatic carbocycles. The van der Waals surface area contributed by atoms with Crippen molar-refractivity contribution in [3.8, 4) is 0 Å². The molecule has 1 aliphatic heterocycles. The van der Waals surface area contributed by atoms with E-state index in [2.05, 4.69) is 39.5 Å². The van der Waals surface area contributed by atoms with Crippen LogP contribution in [0.2, 0.25) is 0 Å². The van der Waals surface area contributed by atoms with Crippen molar-refractivity contribution in [2.24, 2.45) is 5.92 Å². The molecule has 2 aliphatic rings. The summed E-state index contributed by atoms with van der Waals surface area (Å²) in [6, 6.07) is 2.58. The average molecular weight is 318 g/mol. The quantitative estimate of drug-likeness (QED) is 0.855. The normalized spacial score (nSPS) is 21.8. The van der Waals surface area contributed by atoms with Crippen LogP contribution in [-0.4, -0.2) is 57.7 Å². The fourth-order valence-corrected chi connectivity index (χ4v) is 3.74. The van der Waals surface area contributed by atoms with Crippen molar-refractivity contribution >= 4 is 5.91 Å². The number of rotatable bonds is 4. The Morgan fingerprint density at radius 2 is 2.00 bits per heavy atom. The highest BCUT2D eigenvalue weighted by Crippen LogP contribution is 2.28. The van der Waals surface area contributed by atoms with Crippen molar-refractivity contribution in [1.29, 1.82) is 0 Å². The molecule has 0 spiro atoms. The lowest BCUT2D eigenvalue weighted by Gasteiger charge is -2.31. The molecule has 5 nitrogen and oxygen atoms in total. The molecule has 1 aromatic heterocycles. The molecule has 1 atom stereocenters. The minimum atomic E-state index is 0.327. The van der Waals surface area contributed by atoms with Crippen molar-refractivity contribution in [3.05, 3.63) is 17.5 Å². The van der Waals surface area contributed by atoms with Gasteiger partial charge in [0.05, 0.1) is 12.2 Å². The number of hydrogen-bond donors (Lipinski definition) is 0. The molecule has 0 unspecified atom stereocenters. The molecular formula is C18H30N4O. The molecule has 0 bridgehead atoms. The van der Waals surface area contributed by atoms with Crippen LogP contribution in [0.3, 0.4) is 0 Å². The van der Waals surface area contributed by atoms with Crippen LogP contribution in [0.25, 0.3) is 0 Å². The van der Waals surface area contributed by atoms with Gasteiger partial charge in [-0.2, -0.15) is 5.10 Å². The summed E-state index contributed by atoms with van der Waals surface area (Å²) >= 11 is 0. The Bertz CT molecular complexity index is 549. The third-order valence-electron chi connectivity index (χ3n) is 5.46. The number of hydrogen-bond acceptors (Lipinski definition) is 3. The molecule has 128 valence electrons. The first-order valence-corrected chi connectivity index (χ1v) is 9.08. The second kappa shape index (κ2) is 7.04. The van der Waals surface area contributed by atoms with Gasteiger partial charge in [0, 0.05) is 43.8 Å². The molecule has 23 heavy (non-hydrogen) atoms. The number of aromatic nitrogens is 2. The van der Waals surface area contributed by atoms with Crippen molar-refractivity contribution in [3.63, 3.8) is 0 Å². The molecule has 1 aromatic rings. The number of aryl methyl sites for hydroxylation is 2. The van der Waals surface area contributed by atoms with Crippen molar-refractivity contribution in [1.82, 2.24) is 19.6 Å². The van der Waals surface area contributed by atoms with E-state index >= 15 is 0 Å². The molecule has 3 rings (SSSR count). The predicted molar refractivity (Wildman–Crippen MR) is 91.3 cm³/mol. The van der Waals surface area contributed by atoms with E-state index in [9.17, 15) is 4.79 Å². The van der Waals surface area contributed by atoms with Crippen LogP contribution in [0.4, 0.5) is 0 Å². The van der Waals surface area contributed by atoms with Crippen molar-refractivity contribution < 1.29 is 4.79 Å². The van der Waals surface area contributed by atoms with E-state index in [-0.39, 0.29) is 0 Å². The van der Waals surface area contributed by atoms with Crippen molar-refractivity contribution in [2.75, 3.05) is 26.2 Å². The third-order valence-corrected chi connectivity index (χ3v) is 5.46. The Labute approximate surface area is 139 Å². The Kier molecular flexibility index (Phi) is 5.05. The molecule has 1 amide bonds. The maximum absolute atomic E-state index is 12.4. The highest BCUT2D eigenvalue weighted by Gasteiger charge is 2.30. The highest BCUT2D eigenvalue weighted by atomic mass is 16.2. The topological polar surface area (TPSA) is 41.4 Å². The summed E-state index contributed by atoms with van der Waals surface area (Å²) in [7, 11) is 0. The molecule has 0 N–H and O–H groups in total. The van der Waals surface area contributed by atoms with E-state index in [1.807, 2.05) is 6.92 Å². The maximum atomic E-state index is 12.4. The van der Waals surface area contributed by atoms with Gasteiger partial charge in [0.25, 0.3) is 0 Å². The minimum Gasteiger partial charge on any atom is -0.341 e. The van der Waals surface area contributed by atoms with Gasteiger partial charge in [-0.1, -0.05) is 6.42 Å². The summed E-state index contributed by atoms with van der Waals surface area (Å²) in [5.41, 5.74) is 2.31. The van der Waals surface area contributed by atoms with Crippen LogP contribution in [0.1, 0.15) is 44.0 Å². The molecular weight excluding hydrogens is 288 g/mol. The van der Waals surface area contributed by atoms with Gasteiger partial charge in [0.2, 0.25) is 5.91 Å². The van der Waals surface area contributed by atoms with Crippen LogP contribution >= 0.6 is 0 Å². The summed E-state index contributed by atoms with van der Waals surface area (Å²) in [5, 5.41) is 4.58. The fraction of sp³-hybridized carbons (Fsp3) is 0.778. The lowest BCUT2D eigenvalue weighted by molar-refractivity contribution is -0.138. The second-order valence-corrected chi connectivity index (χ2v) is 7.30. The SMILES string of the molecule is Cc1cc(C)n(C[C@H](C)N2CCCN(C(=O)C3CCC3)CC2)n1. The second-order valence-electron chi connectivity index (χ2n) is 7.30. The van der Waals surface area contributed by atoms with Gasteiger partial charge in [0.1, 0.15) is 0 Å².